The average molecular weight is 369 g/mol. The Bertz CT molecular complexity index is 817. The number of nitrogens with zero attached hydrogens (tertiary/aromatic N) is 6. The van der Waals surface area contributed by atoms with Crippen molar-refractivity contribution >= 4 is 0 Å². The molecule has 0 radical (unpaired) electrons. The van der Waals surface area contributed by atoms with Gasteiger partial charge < -0.3 is 10.2 Å². The third-order valence-electron chi connectivity index (χ3n) is 6.61. The van der Waals surface area contributed by atoms with Crippen molar-refractivity contribution in [3.8, 4) is 5.82 Å². The van der Waals surface area contributed by atoms with E-state index in [-0.39, 0.29) is 11.6 Å². The fourth-order valence-corrected chi connectivity index (χ4v) is 5.07. The largest absolute Gasteiger partial charge is 0.310 e. The molecule has 27 heavy (non-hydrogen) atoms. The zero-order valence-corrected chi connectivity index (χ0v) is 15.6. The van der Waals surface area contributed by atoms with Crippen molar-refractivity contribution in [1.82, 2.24) is 34.8 Å². The number of hydrogen-bond acceptors (Lipinski definition) is 6. The summed E-state index contributed by atoms with van der Waals surface area (Å²) in [4.78, 5) is 18.9. The van der Waals surface area contributed by atoms with Gasteiger partial charge in [0.1, 0.15) is 12.7 Å². The fraction of sp³-hybridized carbons (Fsp3) is 0.684. The van der Waals surface area contributed by atoms with Crippen LogP contribution in [0.2, 0.25) is 0 Å². The van der Waals surface area contributed by atoms with Gasteiger partial charge in [-0.2, -0.15) is 5.10 Å². The minimum atomic E-state index is -0.0346. The van der Waals surface area contributed by atoms with Crippen LogP contribution in [0.15, 0.2) is 29.6 Å². The van der Waals surface area contributed by atoms with Crippen LogP contribution in [0.1, 0.15) is 44.6 Å². The molecule has 1 unspecified atom stereocenters. The number of piperidine rings is 3. The van der Waals surface area contributed by atoms with Crippen molar-refractivity contribution in [3.63, 3.8) is 0 Å². The van der Waals surface area contributed by atoms with Gasteiger partial charge in [-0.25, -0.2) is 14.3 Å². The molecule has 8 nitrogen and oxygen atoms in total. The van der Waals surface area contributed by atoms with E-state index in [2.05, 4.69) is 25.4 Å². The lowest BCUT2D eigenvalue weighted by atomic mass is 9.82. The number of hydrogen-bond donors (Lipinski definition) is 1. The molecule has 2 aromatic rings. The van der Waals surface area contributed by atoms with E-state index in [4.69, 9.17) is 0 Å². The predicted molar refractivity (Wildman–Crippen MR) is 101 cm³/mol. The Kier molecular flexibility index (Phi) is 4.53. The molecule has 4 aliphatic rings. The van der Waals surface area contributed by atoms with Crippen LogP contribution in [0, 0.1) is 5.92 Å². The second-order valence-corrected chi connectivity index (χ2v) is 8.23. The van der Waals surface area contributed by atoms with E-state index in [0.717, 1.165) is 31.6 Å². The van der Waals surface area contributed by atoms with Crippen LogP contribution in [-0.4, -0.2) is 61.2 Å². The lowest BCUT2D eigenvalue weighted by Crippen LogP contribution is -2.58. The molecular formula is C19H27N7O. The first kappa shape index (κ1) is 17.1. The molecule has 3 aliphatic heterocycles. The van der Waals surface area contributed by atoms with Crippen molar-refractivity contribution in [2.24, 2.45) is 5.92 Å². The molecule has 6 rings (SSSR count). The summed E-state index contributed by atoms with van der Waals surface area (Å²) in [6.45, 7) is 3.78. The monoisotopic (exact) mass is 369 g/mol. The van der Waals surface area contributed by atoms with Gasteiger partial charge in [0, 0.05) is 24.7 Å². The van der Waals surface area contributed by atoms with Gasteiger partial charge in [0.2, 0.25) is 0 Å². The normalized spacial score (nSPS) is 33.3. The number of rotatable bonds is 4. The highest BCUT2D eigenvalue weighted by Gasteiger charge is 2.35. The Morgan fingerprint density at radius 2 is 1.85 bits per heavy atom. The van der Waals surface area contributed by atoms with Crippen molar-refractivity contribution in [3.05, 3.63) is 35.1 Å². The molecule has 144 valence electrons. The minimum Gasteiger partial charge on any atom is -0.310 e. The summed E-state index contributed by atoms with van der Waals surface area (Å²) >= 11 is 0. The van der Waals surface area contributed by atoms with E-state index in [1.54, 1.807) is 27.8 Å². The van der Waals surface area contributed by atoms with Crippen LogP contribution in [-0.2, 0) is 0 Å². The van der Waals surface area contributed by atoms with Crippen molar-refractivity contribution < 1.29 is 0 Å². The summed E-state index contributed by atoms with van der Waals surface area (Å²) < 4.78 is 3.25. The third-order valence-corrected chi connectivity index (χ3v) is 6.61. The summed E-state index contributed by atoms with van der Waals surface area (Å²) in [5.41, 5.74) is -0.0346. The van der Waals surface area contributed by atoms with E-state index in [0.29, 0.717) is 17.9 Å². The van der Waals surface area contributed by atoms with Crippen LogP contribution >= 0.6 is 0 Å². The zero-order valence-electron chi connectivity index (χ0n) is 15.6. The molecule has 5 heterocycles. The lowest BCUT2D eigenvalue weighted by molar-refractivity contribution is 0.0625. The standard InChI is InChI=1S/C19H27N7O/c27-19-6-5-18(25-13-20-12-21-25)23-26(19)16-3-1-15(2-4-16)22-17-11-24-9-7-14(17)8-10-24/h5-6,12-17,22H,1-4,7-11H2. The Labute approximate surface area is 158 Å². The molecule has 8 heteroatoms. The average Bonchev–Trinajstić information content (AvgIpc) is 3.25. The second-order valence-electron chi connectivity index (χ2n) is 8.23. The molecule has 0 spiro atoms. The van der Waals surface area contributed by atoms with Crippen LogP contribution < -0.4 is 10.9 Å². The van der Waals surface area contributed by atoms with Crippen LogP contribution in [0.3, 0.4) is 0 Å². The van der Waals surface area contributed by atoms with Crippen molar-refractivity contribution in [1.29, 1.82) is 0 Å². The lowest BCUT2D eigenvalue weighted by Gasteiger charge is -2.47. The van der Waals surface area contributed by atoms with Crippen molar-refractivity contribution in [2.75, 3.05) is 19.6 Å². The van der Waals surface area contributed by atoms with E-state index < -0.39 is 0 Å². The van der Waals surface area contributed by atoms with Gasteiger partial charge in [-0.3, -0.25) is 4.79 Å². The highest BCUT2D eigenvalue weighted by atomic mass is 16.1. The maximum Gasteiger partial charge on any atom is 0.267 e. The fourth-order valence-electron chi connectivity index (χ4n) is 5.07. The van der Waals surface area contributed by atoms with Gasteiger partial charge in [-0.1, -0.05) is 0 Å². The first-order valence-corrected chi connectivity index (χ1v) is 10.2. The van der Waals surface area contributed by atoms with Gasteiger partial charge in [-0.05, 0) is 63.6 Å². The van der Waals surface area contributed by atoms with Gasteiger partial charge in [-0.15, -0.1) is 5.10 Å². The summed E-state index contributed by atoms with van der Waals surface area (Å²) in [7, 11) is 0. The maximum absolute atomic E-state index is 12.4. The van der Waals surface area contributed by atoms with E-state index in [9.17, 15) is 4.79 Å². The molecule has 1 N–H and O–H groups in total. The summed E-state index contributed by atoms with van der Waals surface area (Å²) in [5.74, 6) is 1.50. The molecule has 2 aromatic heterocycles. The molecule has 1 aliphatic carbocycles. The first-order chi connectivity index (χ1) is 13.3. The van der Waals surface area contributed by atoms with Crippen molar-refractivity contribution in [2.45, 2.75) is 56.7 Å². The molecule has 0 aromatic carbocycles. The summed E-state index contributed by atoms with van der Waals surface area (Å²) in [6.07, 6.45) is 9.97. The smallest absolute Gasteiger partial charge is 0.267 e. The maximum atomic E-state index is 12.4. The number of nitrogens with one attached hydrogen (secondary N) is 1. The molecule has 4 fully saturated rings. The number of fused-ring (bicyclic) bond motifs is 3. The molecule has 3 saturated heterocycles. The molecule has 2 bridgehead atoms. The van der Waals surface area contributed by atoms with E-state index in [1.165, 1.54) is 38.8 Å². The highest BCUT2D eigenvalue weighted by molar-refractivity contribution is 5.16. The zero-order chi connectivity index (χ0) is 18.2. The Hall–Kier alpha value is -2.06. The van der Waals surface area contributed by atoms with E-state index in [1.807, 2.05) is 0 Å². The Balaban J connectivity index is 1.23. The van der Waals surface area contributed by atoms with Gasteiger partial charge >= 0.3 is 0 Å². The third kappa shape index (κ3) is 3.43. The Morgan fingerprint density at radius 3 is 2.52 bits per heavy atom. The van der Waals surface area contributed by atoms with Crippen LogP contribution in [0.4, 0.5) is 0 Å². The molecule has 1 atom stereocenters. The van der Waals surface area contributed by atoms with Crippen LogP contribution in [0.25, 0.3) is 5.82 Å². The highest BCUT2D eigenvalue weighted by Crippen LogP contribution is 2.31. The second kappa shape index (κ2) is 7.16. The first-order valence-electron chi connectivity index (χ1n) is 10.2. The van der Waals surface area contributed by atoms with Gasteiger partial charge in [0.25, 0.3) is 5.56 Å². The van der Waals surface area contributed by atoms with E-state index >= 15 is 0 Å². The van der Waals surface area contributed by atoms with Crippen LogP contribution in [0.5, 0.6) is 0 Å². The summed E-state index contributed by atoms with van der Waals surface area (Å²) in [5, 5.41) is 12.6. The predicted octanol–water partition coefficient (Wildman–Crippen LogP) is 0.992. The minimum absolute atomic E-state index is 0.0346. The molecule has 1 saturated carbocycles. The number of aromatic nitrogens is 5. The van der Waals surface area contributed by atoms with Gasteiger partial charge in [0.05, 0.1) is 6.04 Å². The molecular weight excluding hydrogens is 342 g/mol. The topological polar surface area (TPSA) is 80.9 Å². The molecule has 0 amide bonds. The van der Waals surface area contributed by atoms with Gasteiger partial charge in [0.15, 0.2) is 5.82 Å². The summed E-state index contributed by atoms with van der Waals surface area (Å²) in [6, 6.07) is 4.69. The quantitative estimate of drug-likeness (QED) is 0.866. The Morgan fingerprint density at radius 1 is 1.04 bits per heavy atom. The SMILES string of the molecule is O=c1ccc(-n2cncn2)nn1C1CCC(NC2CN3CCC2CC3)CC1.